The Labute approximate surface area is 196 Å². The van der Waals surface area contributed by atoms with Crippen LogP contribution in [0.4, 0.5) is 5.69 Å². The molecule has 1 aliphatic heterocycles. The number of imide groups is 1. The number of hydrogen-bond donors (Lipinski definition) is 0. The van der Waals surface area contributed by atoms with Gasteiger partial charge in [-0.05, 0) is 49.4 Å². The molecule has 1 aromatic heterocycles. The maximum Gasteiger partial charge on any atom is 0.238 e. The largest absolute Gasteiger partial charge is 0.274 e. The smallest absolute Gasteiger partial charge is 0.238 e. The second kappa shape index (κ2) is 10.5. The molecule has 1 saturated heterocycles. The molecule has 0 spiro atoms. The zero-order valence-electron chi connectivity index (χ0n) is 20.2. The van der Waals surface area contributed by atoms with Gasteiger partial charge < -0.3 is 0 Å². The Hall–Kier alpha value is -3.34. The van der Waals surface area contributed by atoms with Crippen molar-refractivity contribution in [1.29, 1.82) is 0 Å². The van der Waals surface area contributed by atoms with Gasteiger partial charge in [0.05, 0.1) is 22.9 Å². The van der Waals surface area contributed by atoms with Crippen LogP contribution in [0.2, 0.25) is 0 Å². The topological polar surface area (TPSA) is 63.2 Å². The van der Waals surface area contributed by atoms with Crippen molar-refractivity contribution < 1.29 is 9.59 Å². The minimum atomic E-state index is -0.184. The van der Waals surface area contributed by atoms with Crippen LogP contribution in [-0.2, 0) is 9.59 Å². The Bertz CT molecular complexity index is 1150. The second-order valence-corrected chi connectivity index (χ2v) is 7.78. The number of hydrogen-bond acceptors (Lipinski definition) is 4. The molecule has 2 aromatic rings. The van der Waals surface area contributed by atoms with E-state index in [1.54, 1.807) is 12.3 Å². The first-order valence-corrected chi connectivity index (χ1v) is 11.9. The van der Waals surface area contributed by atoms with Crippen LogP contribution < -0.4 is 15.5 Å². The van der Waals surface area contributed by atoms with Crippen LogP contribution in [0.25, 0.3) is 23.5 Å². The molecular weight excluding hydrogens is 410 g/mol. The molecule has 2 aliphatic carbocycles. The van der Waals surface area contributed by atoms with Crippen molar-refractivity contribution in [2.45, 2.75) is 41.0 Å². The number of benzene rings is 1. The SMILES string of the molecule is C=C/C=c1/cnc(-c2ccc(N3C(=O)C4C5C=CC(C5)C4C3=O)cc2)n/c1=C/C.CC.CC. The number of rotatable bonds is 3. The lowest BCUT2D eigenvalue weighted by Crippen LogP contribution is -2.32. The second-order valence-electron chi connectivity index (χ2n) is 7.78. The van der Waals surface area contributed by atoms with Crippen LogP contribution in [0.5, 0.6) is 0 Å². The van der Waals surface area contributed by atoms with Crippen molar-refractivity contribution in [3.8, 4) is 11.4 Å². The van der Waals surface area contributed by atoms with Crippen molar-refractivity contribution in [1.82, 2.24) is 9.97 Å². The van der Waals surface area contributed by atoms with Gasteiger partial charge in [-0.1, -0.05) is 64.7 Å². The highest BCUT2D eigenvalue weighted by Gasteiger charge is 2.59. The van der Waals surface area contributed by atoms with E-state index in [-0.39, 0.29) is 35.5 Å². The lowest BCUT2D eigenvalue weighted by atomic mass is 9.85. The van der Waals surface area contributed by atoms with Gasteiger partial charge in [-0.2, -0.15) is 0 Å². The number of amides is 2. The fourth-order valence-electron chi connectivity index (χ4n) is 4.95. The van der Waals surface area contributed by atoms with Crippen molar-refractivity contribution in [3.05, 3.63) is 65.8 Å². The van der Waals surface area contributed by atoms with Crippen LogP contribution >= 0.6 is 0 Å². The number of anilines is 1. The molecule has 0 radical (unpaired) electrons. The molecule has 4 unspecified atom stereocenters. The van der Waals surface area contributed by atoms with Gasteiger partial charge >= 0.3 is 0 Å². The molecule has 33 heavy (non-hydrogen) atoms. The molecule has 4 atom stereocenters. The Morgan fingerprint density at radius 2 is 1.55 bits per heavy atom. The Kier molecular flexibility index (Phi) is 7.75. The van der Waals surface area contributed by atoms with Crippen molar-refractivity contribution >= 4 is 29.7 Å². The number of fused-ring (bicyclic) bond motifs is 5. The summed E-state index contributed by atoms with van der Waals surface area (Å²) in [7, 11) is 0. The molecule has 0 N–H and O–H groups in total. The van der Waals surface area contributed by atoms with Crippen LogP contribution in [-0.4, -0.2) is 21.8 Å². The summed E-state index contributed by atoms with van der Waals surface area (Å²) >= 11 is 0. The Balaban J connectivity index is 0.000000728. The van der Waals surface area contributed by atoms with Crippen molar-refractivity contribution in [2.24, 2.45) is 23.7 Å². The van der Waals surface area contributed by atoms with Gasteiger partial charge in [-0.15, -0.1) is 0 Å². The average Bonchev–Trinajstić information content (AvgIpc) is 3.56. The molecule has 2 amide bonds. The van der Waals surface area contributed by atoms with Gasteiger partial charge in [0.2, 0.25) is 11.8 Å². The van der Waals surface area contributed by atoms with Gasteiger partial charge in [0, 0.05) is 17.0 Å². The van der Waals surface area contributed by atoms with E-state index in [9.17, 15) is 9.59 Å². The molecule has 1 saturated carbocycles. The number of carbonyl (C=O) groups excluding carboxylic acids is 2. The monoisotopic (exact) mass is 443 g/mol. The summed E-state index contributed by atoms with van der Waals surface area (Å²) in [5, 5.41) is 1.74. The maximum atomic E-state index is 13.0. The Morgan fingerprint density at radius 3 is 2.06 bits per heavy atom. The zero-order valence-corrected chi connectivity index (χ0v) is 20.2. The summed E-state index contributed by atoms with van der Waals surface area (Å²) in [6.07, 6.45) is 12.4. The molecule has 172 valence electrons. The van der Waals surface area contributed by atoms with Crippen LogP contribution in [0, 0.1) is 23.7 Å². The highest BCUT2D eigenvalue weighted by atomic mass is 16.2. The van der Waals surface area contributed by atoms with E-state index >= 15 is 0 Å². The lowest BCUT2D eigenvalue weighted by molar-refractivity contribution is -0.123. The van der Waals surface area contributed by atoms with Crippen molar-refractivity contribution in [3.63, 3.8) is 0 Å². The summed E-state index contributed by atoms with van der Waals surface area (Å²) in [6, 6.07) is 7.35. The van der Waals surface area contributed by atoms with E-state index < -0.39 is 0 Å². The normalized spacial score (nSPS) is 25.4. The summed E-state index contributed by atoms with van der Waals surface area (Å²) in [5.41, 5.74) is 1.46. The highest BCUT2D eigenvalue weighted by molar-refractivity contribution is 6.22. The fourth-order valence-corrected chi connectivity index (χ4v) is 4.95. The van der Waals surface area contributed by atoms with E-state index in [0.29, 0.717) is 11.5 Å². The summed E-state index contributed by atoms with van der Waals surface area (Å²) in [4.78, 5) is 36.3. The zero-order chi connectivity index (χ0) is 24.1. The third-order valence-corrected chi connectivity index (χ3v) is 6.27. The van der Waals surface area contributed by atoms with Crippen LogP contribution in [0.1, 0.15) is 41.0 Å². The molecule has 1 aromatic carbocycles. The van der Waals surface area contributed by atoms with E-state index in [1.165, 1.54) is 4.90 Å². The lowest BCUT2D eigenvalue weighted by Gasteiger charge is -2.17. The first-order valence-electron chi connectivity index (χ1n) is 11.9. The molecule has 5 nitrogen and oxygen atoms in total. The van der Waals surface area contributed by atoms with Gasteiger partial charge in [-0.25, -0.2) is 9.97 Å². The summed E-state index contributed by atoms with van der Waals surface area (Å²) in [5.74, 6) is 0.543. The number of aromatic nitrogens is 2. The quantitative estimate of drug-likeness (QED) is 0.525. The molecule has 3 aliphatic rings. The third-order valence-electron chi connectivity index (χ3n) is 6.27. The van der Waals surface area contributed by atoms with Crippen molar-refractivity contribution in [2.75, 3.05) is 4.90 Å². The third kappa shape index (κ3) is 4.20. The van der Waals surface area contributed by atoms with Gasteiger partial charge in [0.25, 0.3) is 0 Å². The first-order chi connectivity index (χ1) is 16.1. The summed E-state index contributed by atoms with van der Waals surface area (Å²) < 4.78 is 0. The highest BCUT2D eigenvalue weighted by Crippen LogP contribution is 2.53. The van der Waals surface area contributed by atoms with Gasteiger partial charge in [0.15, 0.2) is 5.82 Å². The molecule has 2 heterocycles. The summed E-state index contributed by atoms with van der Waals surface area (Å²) in [6.45, 7) is 13.6. The van der Waals surface area contributed by atoms with E-state index in [2.05, 4.69) is 28.7 Å². The molecule has 2 fully saturated rings. The number of nitrogens with zero attached hydrogens (tertiary/aromatic N) is 3. The molecule has 2 bridgehead atoms. The fraction of sp³-hybridized carbons (Fsp3) is 0.357. The minimum absolute atomic E-state index is 0.0620. The van der Waals surface area contributed by atoms with Gasteiger partial charge in [-0.3, -0.25) is 14.5 Å². The standard InChI is InChI=1S/C24H21N3O2.2C2H6/c1-3-5-17-13-25-22(26-19(17)4-2)14-8-10-18(11-9-14)27-23(28)20-15-6-7-16(12-15)21(20)24(27)29;2*1-2/h3-11,13,15-16,20-21H,1,12H2,2H3;2*1-2H3/b17-5-,19-4+;;. The van der Waals surface area contributed by atoms with E-state index in [1.807, 2.05) is 71.0 Å². The predicted octanol–water partition coefficient (Wildman–Crippen LogP) is 4.27. The Morgan fingerprint density at radius 1 is 0.970 bits per heavy atom. The predicted molar refractivity (Wildman–Crippen MR) is 134 cm³/mol. The van der Waals surface area contributed by atoms with Crippen LogP contribution in [0.3, 0.4) is 0 Å². The van der Waals surface area contributed by atoms with Gasteiger partial charge in [0.1, 0.15) is 0 Å². The van der Waals surface area contributed by atoms with E-state index in [4.69, 9.17) is 0 Å². The number of carbonyl (C=O) groups is 2. The maximum absolute atomic E-state index is 13.0. The molecule has 5 heteroatoms. The molecular formula is C28H33N3O2. The average molecular weight is 444 g/mol. The van der Waals surface area contributed by atoms with E-state index in [0.717, 1.165) is 22.6 Å². The van der Waals surface area contributed by atoms with Crippen LogP contribution in [0.15, 0.2) is 55.3 Å². The number of allylic oxidation sites excluding steroid dienone is 3. The first kappa shape index (κ1) is 24.3. The molecule has 5 rings (SSSR count). The minimum Gasteiger partial charge on any atom is -0.274 e.